The van der Waals surface area contributed by atoms with Gasteiger partial charge in [0.2, 0.25) is 5.91 Å². The number of hydrogen-bond acceptors (Lipinski definition) is 4. The number of alkyl halides is 4. The summed E-state index contributed by atoms with van der Waals surface area (Å²) < 4.78 is 52.4. The van der Waals surface area contributed by atoms with Crippen LogP contribution in [0.5, 0.6) is 0 Å². The van der Waals surface area contributed by atoms with Gasteiger partial charge in [-0.1, -0.05) is 13.0 Å². The number of aromatic carboxylic acids is 1. The number of carboxylic acids is 1. The standard InChI is InChI=1S/C20H22F4N4O3/c1-2-11-3-4-13(25-17(11)20(30)31)12-5-7-27(8-6-12)16(29)10-28-15(19(23)24)9-14(26-28)18(21)22/h3-4,9,12,18-19H,2,5-8,10H2,1H3,(H,30,31). The van der Waals surface area contributed by atoms with Gasteiger partial charge in [-0.25, -0.2) is 27.3 Å². The van der Waals surface area contributed by atoms with E-state index in [2.05, 4.69) is 10.1 Å². The van der Waals surface area contributed by atoms with E-state index in [1.165, 1.54) is 4.90 Å². The fraction of sp³-hybridized carbons (Fsp3) is 0.500. The second-order valence-corrected chi connectivity index (χ2v) is 7.31. The summed E-state index contributed by atoms with van der Waals surface area (Å²) in [6, 6.07) is 4.14. The maximum atomic E-state index is 13.1. The monoisotopic (exact) mass is 442 g/mol. The number of hydrogen-bond donors (Lipinski definition) is 1. The molecule has 0 spiro atoms. The summed E-state index contributed by atoms with van der Waals surface area (Å²) in [5.74, 6) is -1.63. The number of aryl methyl sites for hydroxylation is 1. The fourth-order valence-corrected chi connectivity index (χ4v) is 3.71. The van der Waals surface area contributed by atoms with E-state index >= 15 is 0 Å². The van der Waals surface area contributed by atoms with Gasteiger partial charge in [0, 0.05) is 24.7 Å². The molecule has 2 aromatic rings. The first kappa shape index (κ1) is 22.7. The van der Waals surface area contributed by atoms with Crippen LogP contribution in [0.1, 0.15) is 71.7 Å². The number of aromatic nitrogens is 3. The van der Waals surface area contributed by atoms with Gasteiger partial charge in [-0.15, -0.1) is 0 Å². The van der Waals surface area contributed by atoms with Crippen LogP contribution in [-0.2, 0) is 17.8 Å². The highest BCUT2D eigenvalue weighted by Crippen LogP contribution is 2.29. The molecule has 0 atom stereocenters. The Morgan fingerprint density at radius 2 is 1.84 bits per heavy atom. The van der Waals surface area contributed by atoms with Crippen LogP contribution in [0.15, 0.2) is 18.2 Å². The van der Waals surface area contributed by atoms with Crippen molar-refractivity contribution >= 4 is 11.9 Å². The van der Waals surface area contributed by atoms with Gasteiger partial charge in [0.1, 0.15) is 17.9 Å². The number of carboxylic acid groups (broad SMARTS) is 1. The summed E-state index contributed by atoms with van der Waals surface area (Å²) in [6.45, 7) is 1.92. The molecule has 3 heterocycles. The summed E-state index contributed by atoms with van der Waals surface area (Å²) >= 11 is 0. The van der Waals surface area contributed by atoms with Gasteiger partial charge in [-0.2, -0.15) is 5.10 Å². The van der Waals surface area contributed by atoms with Gasteiger partial charge in [0.25, 0.3) is 12.9 Å². The molecule has 0 aliphatic carbocycles. The predicted octanol–water partition coefficient (Wildman–Crippen LogP) is 3.82. The topological polar surface area (TPSA) is 88.3 Å². The van der Waals surface area contributed by atoms with E-state index in [9.17, 15) is 32.3 Å². The number of carbonyl (C=O) groups excluding carboxylic acids is 1. The van der Waals surface area contributed by atoms with E-state index in [0.29, 0.717) is 54.4 Å². The van der Waals surface area contributed by atoms with E-state index in [1.54, 1.807) is 12.1 Å². The number of halogens is 4. The zero-order chi connectivity index (χ0) is 22.7. The highest BCUT2D eigenvalue weighted by molar-refractivity contribution is 5.87. The quantitative estimate of drug-likeness (QED) is 0.659. The second-order valence-electron chi connectivity index (χ2n) is 7.31. The van der Waals surface area contributed by atoms with E-state index in [1.807, 2.05) is 6.92 Å². The number of piperidine rings is 1. The Balaban J connectivity index is 1.66. The van der Waals surface area contributed by atoms with Crippen molar-refractivity contribution in [2.24, 2.45) is 0 Å². The maximum Gasteiger partial charge on any atom is 0.354 e. The Morgan fingerprint density at radius 1 is 1.16 bits per heavy atom. The van der Waals surface area contributed by atoms with Gasteiger partial charge in [0.05, 0.1) is 0 Å². The lowest BCUT2D eigenvalue weighted by atomic mass is 9.92. The molecule has 2 aromatic heterocycles. The summed E-state index contributed by atoms with van der Waals surface area (Å²) in [7, 11) is 0. The molecule has 0 radical (unpaired) electrons. The summed E-state index contributed by atoms with van der Waals surface area (Å²) in [4.78, 5) is 29.7. The molecule has 31 heavy (non-hydrogen) atoms. The highest BCUT2D eigenvalue weighted by Gasteiger charge is 2.28. The summed E-state index contributed by atoms with van der Waals surface area (Å²) in [5.41, 5.74) is -0.222. The van der Waals surface area contributed by atoms with Crippen molar-refractivity contribution in [3.63, 3.8) is 0 Å². The molecule has 3 rings (SSSR count). The minimum absolute atomic E-state index is 0.0200. The molecule has 0 unspecified atom stereocenters. The molecule has 168 valence electrons. The summed E-state index contributed by atoms with van der Waals surface area (Å²) in [5, 5.41) is 12.8. The zero-order valence-corrected chi connectivity index (χ0v) is 16.8. The van der Waals surface area contributed by atoms with Crippen molar-refractivity contribution in [3.05, 3.63) is 46.5 Å². The van der Waals surface area contributed by atoms with Crippen LogP contribution in [0.2, 0.25) is 0 Å². The van der Waals surface area contributed by atoms with Crippen molar-refractivity contribution in [1.29, 1.82) is 0 Å². The van der Waals surface area contributed by atoms with Gasteiger partial charge in [-0.05, 0) is 37.0 Å². The maximum absolute atomic E-state index is 13.1. The van der Waals surface area contributed by atoms with Crippen molar-refractivity contribution in [2.75, 3.05) is 13.1 Å². The van der Waals surface area contributed by atoms with Crippen molar-refractivity contribution in [1.82, 2.24) is 19.7 Å². The van der Waals surface area contributed by atoms with Crippen LogP contribution in [-0.4, -0.2) is 49.7 Å². The van der Waals surface area contributed by atoms with Crippen LogP contribution in [0.25, 0.3) is 0 Å². The molecule has 0 saturated carbocycles. The number of amides is 1. The number of rotatable bonds is 7. The molecule has 0 bridgehead atoms. The van der Waals surface area contributed by atoms with E-state index in [4.69, 9.17) is 0 Å². The van der Waals surface area contributed by atoms with Crippen LogP contribution < -0.4 is 0 Å². The lowest BCUT2D eigenvalue weighted by Gasteiger charge is -2.32. The molecule has 1 fully saturated rings. The Hall–Kier alpha value is -2.98. The number of likely N-dealkylation sites (tertiary alicyclic amines) is 1. The van der Waals surface area contributed by atoms with Crippen molar-refractivity contribution < 1.29 is 32.3 Å². The third-order valence-electron chi connectivity index (χ3n) is 5.41. The molecule has 11 heteroatoms. The molecule has 1 N–H and O–H groups in total. The molecule has 0 aromatic carbocycles. The fourth-order valence-electron chi connectivity index (χ4n) is 3.71. The Morgan fingerprint density at radius 3 is 2.39 bits per heavy atom. The highest BCUT2D eigenvalue weighted by atomic mass is 19.3. The summed E-state index contributed by atoms with van der Waals surface area (Å²) in [6.07, 6.45) is -4.45. The Kier molecular flexibility index (Phi) is 6.91. The molecular formula is C20H22F4N4O3. The minimum Gasteiger partial charge on any atom is -0.477 e. The molecule has 1 amide bonds. The van der Waals surface area contributed by atoms with Crippen LogP contribution in [0.3, 0.4) is 0 Å². The molecule has 1 aliphatic rings. The molecule has 7 nitrogen and oxygen atoms in total. The first-order valence-corrected chi connectivity index (χ1v) is 9.86. The van der Waals surface area contributed by atoms with Gasteiger partial charge < -0.3 is 10.0 Å². The number of nitrogens with zero attached hydrogens (tertiary/aromatic N) is 4. The normalized spacial score (nSPS) is 15.1. The minimum atomic E-state index is -3.03. The lowest BCUT2D eigenvalue weighted by molar-refractivity contribution is -0.133. The predicted molar refractivity (Wildman–Crippen MR) is 101 cm³/mol. The third kappa shape index (κ3) is 5.02. The van der Waals surface area contributed by atoms with E-state index in [-0.39, 0.29) is 11.6 Å². The number of pyridine rings is 1. The van der Waals surface area contributed by atoms with Crippen molar-refractivity contribution in [2.45, 2.75) is 51.5 Å². The second kappa shape index (κ2) is 9.44. The Bertz CT molecular complexity index is 956. The lowest BCUT2D eigenvalue weighted by Crippen LogP contribution is -2.40. The smallest absolute Gasteiger partial charge is 0.354 e. The zero-order valence-electron chi connectivity index (χ0n) is 16.8. The average Bonchev–Trinajstić information content (AvgIpc) is 3.17. The molecule has 1 saturated heterocycles. The van der Waals surface area contributed by atoms with Gasteiger partial charge >= 0.3 is 5.97 Å². The first-order chi connectivity index (χ1) is 14.7. The van der Waals surface area contributed by atoms with Crippen molar-refractivity contribution in [3.8, 4) is 0 Å². The molecule has 1 aliphatic heterocycles. The largest absolute Gasteiger partial charge is 0.477 e. The van der Waals surface area contributed by atoms with Crippen LogP contribution in [0, 0.1) is 0 Å². The van der Waals surface area contributed by atoms with Crippen LogP contribution in [0.4, 0.5) is 17.6 Å². The first-order valence-electron chi connectivity index (χ1n) is 9.86. The van der Waals surface area contributed by atoms with Gasteiger partial charge in [-0.3, -0.25) is 9.48 Å². The van der Waals surface area contributed by atoms with Gasteiger partial charge in [0.15, 0.2) is 5.69 Å². The van der Waals surface area contributed by atoms with E-state index < -0.39 is 42.7 Å². The Labute approximate surface area is 175 Å². The SMILES string of the molecule is CCc1ccc(C2CCN(C(=O)Cn3nc(C(F)F)cc3C(F)F)CC2)nc1C(=O)O. The van der Waals surface area contributed by atoms with E-state index in [0.717, 1.165) is 0 Å². The number of carbonyl (C=O) groups is 2. The van der Waals surface area contributed by atoms with Crippen LogP contribution >= 0.6 is 0 Å². The third-order valence-corrected chi connectivity index (χ3v) is 5.41. The molecular weight excluding hydrogens is 420 g/mol. The average molecular weight is 442 g/mol.